The van der Waals surface area contributed by atoms with Gasteiger partial charge in [0.2, 0.25) is 0 Å². The van der Waals surface area contributed by atoms with E-state index in [1.54, 1.807) is 0 Å². The Hall–Kier alpha value is -0.466. The molecule has 4 heteroatoms. The quantitative estimate of drug-likeness (QED) is 0.751. The van der Waals surface area contributed by atoms with Crippen LogP contribution in [0, 0.1) is 0 Å². The van der Waals surface area contributed by atoms with Crippen molar-refractivity contribution in [3.05, 3.63) is 60.7 Å². The van der Waals surface area contributed by atoms with Crippen LogP contribution in [-0.4, -0.2) is 0 Å². The summed E-state index contributed by atoms with van der Waals surface area (Å²) in [6.07, 6.45) is 0. The van der Waals surface area contributed by atoms with E-state index >= 15 is 0 Å². The summed E-state index contributed by atoms with van der Waals surface area (Å²) in [6, 6.07) is 20.7. The molecule has 1 nitrogen and oxygen atoms in total. The summed E-state index contributed by atoms with van der Waals surface area (Å²) in [7, 11) is 0. The summed E-state index contributed by atoms with van der Waals surface area (Å²) in [5.41, 5.74) is 2.41. The van der Waals surface area contributed by atoms with Gasteiger partial charge in [-0.3, -0.25) is 0 Å². The van der Waals surface area contributed by atoms with Crippen LogP contribution in [0.2, 0.25) is 0 Å². The molecular formula is C12H12Cl2NTi. The summed E-state index contributed by atoms with van der Waals surface area (Å²) in [6.45, 7) is 0. The van der Waals surface area contributed by atoms with Gasteiger partial charge in [0.05, 0.1) is 0 Å². The zero-order valence-electron chi connectivity index (χ0n) is 8.54. The predicted octanol–water partition coefficient (Wildman–Crippen LogP) is 4.13. The molecular weight excluding hydrogens is 277 g/mol. The van der Waals surface area contributed by atoms with Crippen LogP contribution in [0.3, 0.4) is 0 Å². The van der Waals surface area contributed by atoms with Gasteiger partial charge in [-0.2, -0.15) is 0 Å². The molecule has 0 spiro atoms. The van der Waals surface area contributed by atoms with Gasteiger partial charge in [-0.1, -0.05) is 0 Å². The Bertz CT molecular complexity index is 355. The Labute approximate surface area is 120 Å². The van der Waals surface area contributed by atoms with Gasteiger partial charge in [0.1, 0.15) is 0 Å². The maximum absolute atomic E-state index is 2.17. The maximum atomic E-state index is 2.17. The molecule has 0 unspecified atom stereocenters. The second-order valence-electron chi connectivity index (χ2n) is 3.01. The third kappa shape index (κ3) is 3.84. The molecule has 0 bridgehead atoms. The Balaban J connectivity index is 0.00000112. The van der Waals surface area contributed by atoms with Gasteiger partial charge >= 0.3 is 96.1 Å². The van der Waals surface area contributed by atoms with Gasteiger partial charge in [-0.15, -0.1) is 24.8 Å². The number of anilines is 2. The van der Waals surface area contributed by atoms with Gasteiger partial charge < -0.3 is 0 Å². The van der Waals surface area contributed by atoms with Crippen molar-refractivity contribution in [1.29, 1.82) is 0 Å². The molecule has 2 aromatic carbocycles. The first-order valence-electron chi connectivity index (χ1n) is 4.49. The Kier molecular flexibility index (Phi) is 7.52. The molecule has 16 heavy (non-hydrogen) atoms. The second-order valence-corrected chi connectivity index (χ2v) is 3.70. The number of halogens is 2. The average molecular weight is 289 g/mol. The molecule has 0 aliphatic rings. The third-order valence-electron chi connectivity index (χ3n) is 2.03. The van der Waals surface area contributed by atoms with E-state index in [-0.39, 0.29) is 24.8 Å². The summed E-state index contributed by atoms with van der Waals surface area (Å²) < 4.78 is 2.17. The first kappa shape index (κ1) is 15.5. The Morgan fingerprint density at radius 1 is 0.625 bits per heavy atom. The van der Waals surface area contributed by atoms with Crippen molar-refractivity contribution in [3.63, 3.8) is 0 Å². The van der Waals surface area contributed by atoms with Gasteiger partial charge in [0.25, 0.3) is 0 Å². The summed E-state index contributed by atoms with van der Waals surface area (Å²) in [4.78, 5) is 0. The van der Waals surface area contributed by atoms with Crippen LogP contribution in [-0.2, 0) is 20.7 Å². The number of benzene rings is 2. The molecule has 0 N–H and O–H groups in total. The van der Waals surface area contributed by atoms with E-state index in [2.05, 4.69) is 72.6 Å². The zero-order valence-corrected chi connectivity index (χ0v) is 11.7. The van der Waals surface area contributed by atoms with E-state index in [4.69, 9.17) is 0 Å². The topological polar surface area (TPSA) is 3.24 Å². The monoisotopic (exact) mass is 288 g/mol. The number of hydrogen-bond acceptors (Lipinski definition) is 1. The van der Waals surface area contributed by atoms with Crippen LogP contribution >= 0.6 is 24.8 Å². The first-order valence-corrected chi connectivity index (χ1v) is 5.19. The first-order chi connectivity index (χ1) is 6.88. The predicted molar refractivity (Wildman–Crippen MR) is 69.5 cm³/mol. The number of hydrogen-bond donors (Lipinski definition) is 0. The van der Waals surface area contributed by atoms with Crippen molar-refractivity contribution in [2.75, 3.05) is 3.38 Å². The number of rotatable bonds is 2. The van der Waals surface area contributed by atoms with Crippen molar-refractivity contribution < 1.29 is 20.7 Å². The van der Waals surface area contributed by atoms with Crippen LogP contribution in [0.4, 0.5) is 11.4 Å². The molecule has 0 aliphatic carbocycles. The standard InChI is InChI=1S/C12H10N.2ClH.Ti/c1-3-7-11(8-4-1)13-12-9-5-2-6-10-12;;;/h1-10H;2*1H;/q-1;;;+1. The van der Waals surface area contributed by atoms with Gasteiger partial charge in [0.15, 0.2) is 0 Å². The SMILES string of the molecule is Cl.Cl.[Ti][N](c1ccccc1)c1ccccc1. The fourth-order valence-corrected chi connectivity index (χ4v) is 1.77. The minimum absolute atomic E-state index is 0. The minimum atomic E-state index is 0. The van der Waals surface area contributed by atoms with Gasteiger partial charge in [-0.05, 0) is 0 Å². The molecule has 0 heterocycles. The molecule has 83 valence electrons. The zero-order chi connectivity index (χ0) is 9.80. The molecule has 0 amide bonds. The second kappa shape index (κ2) is 7.75. The summed E-state index contributed by atoms with van der Waals surface area (Å²) in [5, 5.41) is 0. The Morgan fingerprint density at radius 3 is 1.25 bits per heavy atom. The van der Waals surface area contributed by atoms with Crippen LogP contribution in [0.15, 0.2) is 60.7 Å². The van der Waals surface area contributed by atoms with Gasteiger partial charge in [0, 0.05) is 0 Å². The van der Waals surface area contributed by atoms with E-state index in [1.807, 2.05) is 12.1 Å². The van der Waals surface area contributed by atoms with Gasteiger partial charge in [-0.25, -0.2) is 0 Å². The van der Waals surface area contributed by atoms with E-state index in [0.29, 0.717) is 0 Å². The molecule has 0 atom stereocenters. The fraction of sp³-hybridized carbons (Fsp3) is 0. The number of para-hydroxylation sites is 2. The normalized spacial score (nSPS) is 8.44. The van der Waals surface area contributed by atoms with Crippen molar-refractivity contribution in [2.45, 2.75) is 0 Å². The summed E-state index contributed by atoms with van der Waals surface area (Å²) >= 11 is 2.07. The third-order valence-corrected chi connectivity index (χ3v) is 2.84. The molecule has 2 rings (SSSR count). The van der Waals surface area contributed by atoms with Crippen LogP contribution in [0.5, 0.6) is 0 Å². The molecule has 0 saturated heterocycles. The summed E-state index contributed by atoms with van der Waals surface area (Å²) in [5.74, 6) is 0. The van der Waals surface area contributed by atoms with Crippen molar-refractivity contribution in [3.8, 4) is 0 Å². The van der Waals surface area contributed by atoms with Crippen LogP contribution in [0.1, 0.15) is 0 Å². The van der Waals surface area contributed by atoms with Crippen molar-refractivity contribution in [1.82, 2.24) is 0 Å². The molecule has 2 aromatic rings. The molecule has 0 radical (unpaired) electrons. The van der Waals surface area contributed by atoms with Crippen molar-refractivity contribution in [2.24, 2.45) is 0 Å². The van der Waals surface area contributed by atoms with Crippen LogP contribution in [0.25, 0.3) is 0 Å². The van der Waals surface area contributed by atoms with Crippen LogP contribution < -0.4 is 3.38 Å². The number of nitrogens with zero attached hydrogens (tertiary/aromatic N) is 1. The Morgan fingerprint density at radius 2 is 0.938 bits per heavy atom. The van der Waals surface area contributed by atoms with E-state index < -0.39 is 0 Å². The average Bonchev–Trinajstić information content (AvgIpc) is 2.30. The molecule has 0 saturated carbocycles. The molecule has 0 aliphatic heterocycles. The fourth-order valence-electron chi connectivity index (χ4n) is 1.30. The molecule has 0 fully saturated rings. The van der Waals surface area contributed by atoms with E-state index in [1.165, 1.54) is 11.4 Å². The van der Waals surface area contributed by atoms with E-state index in [0.717, 1.165) is 0 Å². The van der Waals surface area contributed by atoms with E-state index in [9.17, 15) is 0 Å². The molecule has 0 aromatic heterocycles. The van der Waals surface area contributed by atoms with Crippen molar-refractivity contribution >= 4 is 36.2 Å².